The van der Waals surface area contributed by atoms with Crippen molar-refractivity contribution in [3.05, 3.63) is 22.9 Å². The summed E-state index contributed by atoms with van der Waals surface area (Å²) in [6.45, 7) is 4.57. The summed E-state index contributed by atoms with van der Waals surface area (Å²) in [5.74, 6) is -0.0504. The summed E-state index contributed by atoms with van der Waals surface area (Å²) in [6.07, 6.45) is 3.55. The predicted molar refractivity (Wildman–Crippen MR) is 75.0 cm³/mol. The zero-order chi connectivity index (χ0) is 13.8. The molecule has 5 heteroatoms. The molecule has 4 nitrogen and oxygen atoms in total. The minimum absolute atomic E-state index is 0.336. The van der Waals surface area contributed by atoms with Gasteiger partial charge in [-0.05, 0) is 44.7 Å². The average Bonchev–Trinajstić information content (AvgIpc) is 2.80. The van der Waals surface area contributed by atoms with Crippen LogP contribution in [0.15, 0.2) is 11.1 Å². The van der Waals surface area contributed by atoms with Crippen molar-refractivity contribution in [1.82, 2.24) is 4.98 Å². The molecule has 1 aromatic rings. The van der Waals surface area contributed by atoms with Gasteiger partial charge in [0.1, 0.15) is 5.03 Å². The zero-order valence-corrected chi connectivity index (χ0v) is 12.1. The Kier molecular flexibility index (Phi) is 4.82. The standard InChI is InChI=1S/C14H19NO3S/c1-9-8-10(2)15-13(12(9)14(16)17)19-7-5-11-4-3-6-18-11/h8,11H,3-7H2,1-2H3,(H,16,17). The number of hydrogen-bond acceptors (Lipinski definition) is 4. The van der Waals surface area contributed by atoms with Crippen LogP contribution in [-0.4, -0.2) is 34.5 Å². The molecule has 1 saturated heterocycles. The number of ether oxygens (including phenoxy) is 1. The lowest BCUT2D eigenvalue weighted by atomic mass is 10.1. The summed E-state index contributed by atoms with van der Waals surface area (Å²) in [4.78, 5) is 15.7. The molecular weight excluding hydrogens is 262 g/mol. The number of aromatic nitrogens is 1. The second-order valence-electron chi connectivity index (χ2n) is 4.84. The molecule has 1 aliphatic heterocycles. The summed E-state index contributed by atoms with van der Waals surface area (Å²) in [5, 5.41) is 9.90. The van der Waals surface area contributed by atoms with Gasteiger partial charge in [0.25, 0.3) is 0 Å². The summed E-state index contributed by atoms with van der Waals surface area (Å²) in [6, 6.07) is 1.81. The van der Waals surface area contributed by atoms with Gasteiger partial charge in [-0.25, -0.2) is 9.78 Å². The summed E-state index contributed by atoms with van der Waals surface area (Å²) >= 11 is 1.52. The first-order valence-electron chi connectivity index (χ1n) is 6.54. The molecule has 0 bridgehead atoms. The topological polar surface area (TPSA) is 59.4 Å². The first-order chi connectivity index (χ1) is 9.08. The minimum Gasteiger partial charge on any atom is -0.478 e. The van der Waals surface area contributed by atoms with Gasteiger partial charge in [-0.2, -0.15) is 0 Å². The zero-order valence-electron chi connectivity index (χ0n) is 11.3. The highest BCUT2D eigenvalue weighted by atomic mass is 32.2. The van der Waals surface area contributed by atoms with Crippen molar-refractivity contribution in [3.8, 4) is 0 Å². The van der Waals surface area contributed by atoms with Crippen molar-refractivity contribution in [2.75, 3.05) is 12.4 Å². The van der Waals surface area contributed by atoms with Gasteiger partial charge in [0.2, 0.25) is 0 Å². The molecule has 2 rings (SSSR count). The van der Waals surface area contributed by atoms with E-state index >= 15 is 0 Å². The van der Waals surface area contributed by atoms with E-state index in [1.165, 1.54) is 11.8 Å². The van der Waals surface area contributed by atoms with E-state index in [1.54, 1.807) is 0 Å². The van der Waals surface area contributed by atoms with Crippen molar-refractivity contribution in [3.63, 3.8) is 0 Å². The van der Waals surface area contributed by atoms with Crippen LogP contribution >= 0.6 is 11.8 Å². The van der Waals surface area contributed by atoms with Crippen LogP contribution in [0.1, 0.15) is 40.9 Å². The van der Waals surface area contributed by atoms with E-state index in [2.05, 4.69) is 4.98 Å². The molecule has 0 aliphatic carbocycles. The van der Waals surface area contributed by atoms with Crippen LogP contribution in [0.3, 0.4) is 0 Å². The number of carbonyl (C=O) groups is 1. The van der Waals surface area contributed by atoms with Crippen LogP contribution in [0.25, 0.3) is 0 Å². The monoisotopic (exact) mass is 281 g/mol. The third-order valence-electron chi connectivity index (χ3n) is 3.23. The van der Waals surface area contributed by atoms with E-state index in [0.29, 0.717) is 16.7 Å². The summed E-state index contributed by atoms with van der Waals surface area (Å²) in [7, 11) is 0. The van der Waals surface area contributed by atoms with Crippen molar-refractivity contribution in [2.24, 2.45) is 0 Å². The molecule has 1 N–H and O–H groups in total. The van der Waals surface area contributed by atoms with Gasteiger partial charge < -0.3 is 9.84 Å². The van der Waals surface area contributed by atoms with Crippen molar-refractivity contribution in [1.29, 1.82) is 0 Å². The second-order valence-corrected chi connectivity index (χ2v) is 5.92. The normalized spacial score (nSPS) is 18.7. The summed E-state index contributed by atoms with van der Waals surface area (Å²) < 4.78 is 5.57. The molecule has 1 aromatic heterocycles. The molecule has 1 atom stereocenters. The fraction of sp³-hybridized carbons (Fsp3) is 0.571. The number of carboxylic acid groups (broad SMARTS) is 1. The van der Waals surface area contributed by atoms with Gasteiger partial charge in [0, 0.05) is 18.1 Å². The molecule has 19 heavy (non-hydrogen) atoms. The molecule has 0 spiro atoms. The number of pyridine rings is 1. The fourth-order valence-corrected chi connectivity index (χ4v) is 3.50. The maximum Gasteiger partial charge on any atom is 0.338 e. The molecule has 1 fully saturated rings. The quantitative estimate of drug-likeness (QED) is 0.841. The fourth-order valence-electron chi connectivity index (χ4n) is 2.33. The Bertz CT molecular complexity index is 470. The Balaban J connectivity index is 2.03. The van der Waals surface area contributed by atoms with E-state index in [9.17, 15) is 9.90 Å². The Labute approximate surface area is 117 Å². The van der Waals surface area contributed by atoms with Crippen LogP contribution in [0.4, 0.5) is 0 Å². The third-order valence-corrected chi connectivity index (χ3v) is 4.24. The van der Waals surface area contributed by atoms with Gasteiger partial charge in [0.05, 0.1) is 11.7 Å². The smallest absolute Gasteiger partial charge is 0.338 e. The Morgan fingerprint density at radius 1 is 1.58 bits per heavy atom. The summed E-state index contributed by atoms with van der Waals surface area (Å²) in [5.41, 5.74) is 1.98. The van der Waals surface area contributed by atoms with Gasteiger partial charge in [0.15, 0.2) is 0 Å². The van der Waals surface area contributed by atoms with Crippen molar-refractivity contribution < 1.29 is 14.6 Å². The second kappa shape index (κ2) is 6.39. The molecule has 0 amide bonds. The average molecular weight is 281 g/mol. The molecule has 104 valence electrons. The lowest BCUT2D eigenvalue weighted by Gasteiger charge is -2.11. The SMILES string of the molecule is Cc1cc(C)c(C(=O)O)c(SCCC2CCCO2)n1. The number of nitrogens with zero attached hydrogens (tertiary/aromatic N) is 1. The van der Waals surface area contributed by atoms with Gasteiger partial charge in [-0.3, -0.25) is 0 Å². The number of rotatable bonds is 5. The van der Waals surface area contributed by atoms with Crippen molar-refractivity contribution in [2.45, 2.75) is 44.2 Å². The van der Waals surface area contributed by atoms with Gasteiger partial charge in [-0.15, -0.1) is 11.8 Å². The first kappa shape index (κ1) is 14.3. The van der Waals surface area contributed by atoms with Crippen LogP contribution in [0.5, 0.6) is 0 Å². The molecule has 0 radical (unpaired) electrons. The molecule has 0 saturated carbocycles. The molecular formula is C14H19NO3S. The van der Waals surface area contributed by atoms with Crippen molar-refractivity contribution >= 4 is 17.7 Å². The lowest BCUT2D eigenvalue weighted by Crippen LogP contribution is -2.08. The van der Waals surface area contributed by atoms with Crippen LogP contribution in [-0.2, 0) is 4.74 Å². The third kappa shape index (κ3) is 3.70. The minimum atomic E-state index is -0.899. The molecule has 2 heterocycles. The van der Waals surface area contributed by atoms with Gasteiger partial charge >= 0.3 is 5.97 Å². The van der Waals surface area contributed by atoms with E-state index < -0.39 is 5.97 Å². The highest BCUT2D eigenvalue weighted by Crippen LogP contribution is 2.26. The van der Waals surface area contributed by atoms with E-state index in [0.717, 1.165) is 42.9 Å². The Hall–Kier alpha value is -1.07. The van der Waals surface area contributed by atoms with E-state index in [1.807, 2.05) is 19.9 Å². The van der Waals surface area contributed by atoms with E-state index in [4.69, 9.17) is 4.74 Å². The lowest BCUT2D eigenvalue weighted by molar-refractivity contribution is 0.0691. The largest absolute Gasteiger partial charge is 0.478 e. The number of aryl methyl sites for hydroxylation is 2. The molecule has 1 aliphatic rings. The number of carboxylic acids is 1. The number of hydrogen-bond donors (Lipinski definition) is 1. The Morgan fingerprint density at radius 3 is 3.00 bits per heavy atom. The molecule has 0 aromatic carbocycles. The molecule has 1 unspecified atom stereocenters. The highest BCUT2D eigenvalue weighted by molar-refractivity contribution is 7.99. The van der Waals surface area contributed by atoms with Crippen LogP contribution in [0, 0.1) is 13.8 Å². The van der Waals surface area contributed by atoms with E-state index in [-0.39, 0.29) is 0 Å². The van der Waals surface area contributed by atoms with Crippen LogP contribution in [0.2, 0.25) is 0 Å². The maximum atomic E-state index is 11.3. The number of aromatic carboxylic acids is 1. The first-order valence-corrected chi connectivity index (χ1v) is 7.52. The van der Waals surface area contributed by atoms with Gasteiger partial charge in [-0.1, -0.05) is 0 Å². The highest BCUT2D eigenvalue weighted by Gasteiger charge is 2.18. The predicted octanol–water partition coefficient (Wildman–Crippen LogP) is 3.06. The van der Waals surface area contributed by atoms with Crippen LogP contribution < -0.4 is 0 Å². The number of thioether (sulfide) groups is 1. The Morgan fingerprint density at radius 2 is 2.37 bits per heavy atom. The maximum absolute atomic E-state index is 11.3.